The predicted octanol–water partition coefficient (Wildman–Crippen LogP) is 2.97. The molecule has 9 nitrogen and oxygen atoms in total. The van der Waals surface area contributed by atoms with Crippen molar-refractivity contribution in [3.63, 3.8) is 0 Å². The first-order valence-corrected chi connectivity index (χ1v) is 9.76. The molecule has 4 rings (SSSR count). The van der Waals surface area contributed by atoms with Crippen molar-refractivity contribution in [2.24, 2.45) is 5.73 Å². The molecular weight excluding hydrogens is 439 g/mol. The van der Waals surface area contributed by atoms with Crippen molar-refractivity contribution in [2.45, 2.75) is 25.7 Å². The summed E-state index contributed by atoms with van der Waals surface area (Å²) in [6, 6.07) is 9.95. The van der Waals surface area contributed by atoms with Crippen LogP contribution in [0.25, 0.3) is 28.7 Å². The number of aromatic nitrogens is 5. The zero-order valence-corrected chi connectivity index (χ0v) is 17.2. The minimum atomic E-state index is -4.68. The van der Waals surface area contributed by atoms with Gasteiger partial charge in [0.1, 0.15) is 5.69 Å². The fraction of sp³-hybridized carbons (Fsp3) is 0.190. The van der Waals surface area contributed by atoms with Gasteiger partial charge in [-0.2, -0.15) is 18.3 Å². The van der Waals surface area contributed by atoms with Crippen molar-refractivity contribution in [1.29, 1.82) is 0 Å². The van der Waals surface area contributed by atoms with Crippen LogP contribution in [0.4, 0.5) is 13.2 Å². The molecule has 0 fully saturated rings. The fourth-order valence-corrected chi connectivity index (χ4v) is 2.96. The molecule has 3 heterocycles. The number of nitrogens with zero attached hydrogens (tertiary/aromatic N) is 5. The lowest BCUT2D eigenvalue weighted by atomic mass is 10.2. The summed E-state index contributed by atoms with van der Waals surface area (Å²) in [5.41, 5.74) is 5.91. The van der Waals surface area contributed by atoms with Crippen molar-refractivity contribution < 1.29 is 22.4 Å². The number of pyridine rings is 1. The Labute approximate surface area is 185 Å². The molecule has 4 aromatic rings. The summed E-state index contributed by atoms with van der Waals surface area (Å²) in [6.45, 7) is 1.69. The Bertz CT molecular complexity index is 1270. The number of hydrogen-bond donors (Lipinski definition) is 2. The Morgan fingerprint density at radius 1 is 1.15 bits per heavy atom. The average molecular weight is 457 g/mol. The van der Waals surface area contributed by atoms with Crippen LogP contribution in [0.5, 0.6) is 0 Å². The van der Waals surface area contributed by atoms with E-state index in [-0.39, 0.29) is 29.9 Å². The van der Waals surface area contributed by atoms with E-state index in [1.165, 1.54) is 12.4 Å². The summed E-state index contributed by atoms with van der Waals surface area (Å²) in [5.74, 6) is -0.365. The lowest BCUT2D eigenvalue weighted by Crippen LogP contribution is -2.37. The van der Waals surface area contributed by atoms with E-state index in [0.717, 1.165) is 10.7 Å². The molecule has 0 saturated heterocycles. The second-order valence-electron chi connectivity index (χ2n) is 7.15. The van der Waals surface area contributed by atoms with Crippen molar-refractivity contribution >= 4 is 5.91 Å². The fourth-order valence-electron chi connectivity index (χ4n) is 2.96. The van der Waals surface area contributed by atoms with Gasteiger partial charge in [0.2, 0.25) is 11.8 Å². The second-order valence-corrected chi connectivity index (χ2v) is 7.15. The van der Waals surface area contributed by atoms with Crippen LogP contribution in [0.1, 0.15) is 18.2 Å². The molecule has 0 saturated carbocycles. The maximum absolute atomic E-state index is 13.4. The molecule has 0 spiro atoms. The molecule has 0 bridgehead atoms. The normalized spacial score (nSPS) is 12.5. The first-order chi connectivity index (χ1) is 15.7. The van der Waals surface area contributed by atoms with Gasteiger partial charge in [-0.3, -0.25) is 9.78 Å². The van der Waals surface area contributed by atoms with Gasteiger partial charge in [-0.25, -0.2) is 4.68 Å². The van der Waals surface area contributed by atoms with Crippen molar-refractivity contribution in [1.82, 2.24) is 30.3 Å². The second kappa shape index (κ2) is 8.82. The van der Waals surface area contributed by atoms with E-state index in [2.05, 4.69) is 25.6 Å². The van der Waals surface area contributed by atoms with Gasteiger partial charge in [-0.1, -0.05) is 12.1 Å². The van der Waals surface area contributed by atoms with Crippen LogP contribution in [-0.4, -0.2) is 36.9 Å². The predicted molar refractivity (Wildman–Crippen MR) is 111 cm³/mol. The van der Waals surface area contributed by atoms with Crippen LogP contribution >= 0.6 is 0 Å². The van der Waals surface area contributed by atoms with Gasteiger partial charge in [-0.15, -0.1) is 10.2 Å². The standard InChI is InChI=1S/C21H18F3N7O2/c1-12(25)18(32)27-11-13-3-2-4-15(9-13)31-16(10-17(30-31)21(22,23)24)20-29-28-19(33-20)14-5-7-26-8-6-14/h2-10,12H,11,25H2,1H3,(H,27,32)/t12-/m0/s1. The van der Waals surface area contributed by atoms with E-state index in [0.29, 0.717) is 16.8 Å². The van der Waals surface area contributed by atoms with Crippen LogP contribution in [0, 0.1) is 0 Å². The molecule has 33 heavy (non-hydrogen) atoms. The van der Waals surface area contributed by atoms with E-state index in [9.17, 15) is 18.0 Å². The number of nitrogens with two attached hydrogens (primary N) is 1. The number of alkyl halides is 3. The van der Waals surface area contributed by atoms with E-state index in [1.54, 1.807) is 43.3 Å². The third kappa shape index (κ3) is 4.90. The maximum atomic E-state index is 13.4. The van der Waals surface area contributed by atoms with Gasteiger partial charge in [0, 0.05) is 30.6 Å². The maximum Gasteiger partial charge on any atom is 0.435 e. The summed E-state index contributed by atoms with van der Waals surface area (Å²) in [7, 11) is 0. The topological polar surface area (TPSA) is 125 Å². The molecule has 0 unspecified atom stereocenters. The third-order valence-electron chi connectivity index (χ3n) is 4.61. The monoisotopic (exact) mass is 457 g/mol. The molecule has 0 radical (unpaired) electrons. The highest BCUT2D eigenvalue weighted by molar-refractivity contribution is 5.80. The molecule has 0 aliphatic rings. The number of amides is 1. The number of carbonyl (C=O) groups excluding carboxylic acids is 1. The van der Waals surface area contributed by atoms with Gasteiger partial charge in [0.15, 0.2) is 5.69 Å². The number of benzene rings is 1. The van der Waals surface area contributed by atoms with Crippen molar-refractivity contribution in [2.75, 3.05) is 0 Å². The van der Waals surface area contributed by atoms with Gasteiger partial charge >= 0.3 is 6.18 Å². The summed E-state index contributed by atoms with van der Waals surface area (Å²) < 4.78 is 47.0. The van der Waals surface area contributed by atoms with Crippen LogP contribution < -0.4 is 11.1 Å². The number of hydrogen-bond acceptors (Lipinski definition) is 7. The summed E-state index contributed by atoms with van der Waals surface area (Å²) in [6.07, 6.45) is -1.63. The molecular formula is C21H18F3N7O2. The van der Waals surface area contributed by atoms with Crippen LogP contribution in [0.3, 0.4) is 0 Å². The van der Waals surface area contributed by atoms with Crippen LogP contribution in [0.2, 0.25) is 0 Å². The molecule has 0 aliphatic carbocycles. The molecule has 170 valence electrons. The molecule has 1 aromatic carbocycles. The molecule has 3 aromatic heterocycles. The third-order valence-corrected chi connectivity index (χ3v) is 4.61. The highest BCUT2D eigenvalue weighted by Gasteiger charge is 2.36. The van der Waals surface area contributed by atoms with Crippen LogP contribution in [-0.2, 0) is 17.5 Å². The Hall–Kier alpha value is -4.06. The van der Waals surface area contributed by atoms with E-state index >= 15 is 0 Å². The molecule has 0 aliphatic heterocycles. The van der Waals surface area contributed by atoms with Crippen LogP contribution in [0.15, 0.2) is 59.3 Å². The van der Waals surface area contributed by atoms with E-state index in [1.807, 2.05) is 0 Å². The zero-order chi connectivity index (χ0) is 23.6. The Morgan fingerprint density at radius 3 is 2.58 bits per heavy atom. The minimum absolute atomic E-state index is 0.0353. The van der Waals surface area contributed by atoms with E-state index in [4.69, 9.17) is 10.2 Å². The molecule has 1 atom stereocenters. The van der Waals surface area contributed by atoms with E-state index < -0.39 is 17.9 Å². The summed E-state index contributed by atoms with van der Waals surface area (Å²) in [5, 5.41) is 14.2. The SMILES string of the molecule is C[C@H](N)C(=O)NCc1cccc(-n2nc(C(F)(F)F)cc2-c2nnc(-c3ccncc3)o2)c1. The minimum Gasteiger partial charge on any atom is -0.415 e. The highest BCUT2D eigenvalue weighted by Crippen LogP contribution is 2.33. The lowest BCUT2D eigenvalue weighted by molar-refractivity contribution is -0.141. The zero-order valence-electron chi connectivity index (χ0n) is 17.2. The number of halogens is 3. The van der Waals surface area contributed by atoms with Gasteiger partial charge in [0.25, 0.3) is 5.89 Å². The quantitative estimate of drug-likeness (QED) is 0.456. The highest BCUT2D eigenvalue weighted by atomic mass is 19.4. The smallest absolute Gasteiger partial charge is 0.415 e. The summed E-state index contributed by atoms with van der Waals surface area (Å²) >= 11 is 0. The number of carbonyl (C=O) groups is 1. The van der Waals surface area contributed by atoms with Gasteiger partial charge < -0.3 is 15.5 Å². The summed E-state index contributed by atoms with van der Waals surface area (Å²) in [4.78, 5) is 15.6. The van der Waals surface area contributed by atoms with Crippen molar-refractivity contribution in [3.8, 4) is 28.7 Å². The van der Waals surface area contributed by atoms with Gasteiger partial charge in [-0.05, 0) is 36.8 Å². The van der Waals surface area contributed by atoms with Gasteiger partial charge in [0.05, 0.1) is 11.7 Å². The molecule has 1 amide bonds. The largest absolute Gasteiger partial charge is 0.435 e. The average Bonchev–Trinajstić information content (AvgIpc) is 3.45. The first kappa shape index (κ1) is 22.1. The number of rotatable bonds is 6. The number of nitrogens with one attached hydrogen (secondary N) is 1. The molecule has 12 heteroatoms. The lowest BCUT2D eigenvalue weighted by Gasteiger charge is -2.10. The molecule has 3 N–H and O–H groups in total. The first-order valence-electron chi connectivity index (χ1n) is 9.76. The van der Waals surface area contributed by atoms with Crippen molar-refractivity contribution in [3.05, 3.63) is 66.1 Å². The Morgan fingerprint density at radius 2 is 1.88 bits per heavy atom. The Balaban J connectivity index is 1.72. The Kier molecular flexibility index (Phi) is 5.92.